The number of ether oxygens (including phenoxy) is 2. The third kappa shape index (κ3) is 3.65. The van der Waals surface area contributed by atoms with Crippen LogP contribution in [0.2, 0.25) is 0 Å². The molecule has 0 N–H and O–H groups in total. The Balaban J connectivity index is 4.47. The van der Waals surface area contributed by atoms with E-state index in [1.807, 2.05) is 6.92 Å². The number of alkyl halides is 1. The number of methoxy groups -OCH3 is 2. The lowest BCUT2D eigenvalue weighted by atomic mass is 10.00. The summed E-state index contributed by atoms with van der Waals surface area (Å²) < 4.78 is 9.14. The fourth-order valence-electron chi connectivity index (χ4n) is 1.12. The van der Waals surface area contributed by atoms with Gasteiger partial charge in [-0.2, -0.15) is 0 Å². The topological polar surface area (TPSA) is 52.6 Å². The summed E-state index contributed by atoms with van der Waals surface area (Å²) in [6, 6.07) is 0. The van der Waals surface area contributed by atoms with Crippen LogP contribution in [0, 0.1) is 5.92 Å². The number of halogens is 1. The first-order valence-corrected chi connectivity index (χ1v) is 5.29. The molecule has 0 aliphatic heterocycles. The zero-order chi connectivity index (χ0) is 11.1. The molecule has 0 radical (unpaired) electrons. The highest BCUT2D eigenvalue weighted by molar-refractivity contribution is 9.10. The van der Waals surface area contributed by atoms with Crippen molar-refractivity contribution in [3.63, 3.8) is 0 Å². The predicted molar refractivity (Wildman–Crippen MR) is 55.1 cm³/mol. The van der Waals surface area contributed by atoms with Gasteiger partial charge in [0.1, 0.15) is 4.83 Å². The van der Waals surface area contributed by atoms with Gasteiger partial charge in [-0.15, -0.1) is 0 Å². The summed E-state index contributed by atoms with van der Waals surface area (Å²) in [6.07, 6.45) is 1.40. The highest BCUT2D eigenvalue weighted by Crippen LogP contribution is 2.21. The molecule has 0 fully saturated rings. The summed E-state index contributed by atoms with van der Waals surface area (Å²) in [5, 5.41) is 0. The second-order valence-electron chi connectivity index (χ2n) is 2.84. The van der Waals surface area contributed by atoms with E-state index in [-0.39, 0.29) is 5.97 Å². The lowest BCUT2D eigenvalue weighted by molar-refractivity contribution is -0.151. The maximum Gasteiger partial charge on any atom is 0.320 e. The highest BCUT2D eigenvalue weighted by Gasteiger charge is 2.32. The second-order valence-corrected chi connectivity index (χ2v) is 3.83. The molecule has 2 unspecified atom stereocenters. The van der Waals surface area contributed by atoms with Gasteiger partial charge in [-0.05, 0) is 6.42 Å². The molecule has 2 atom stereocenters. The third-order valence-electron chi connectivity index (χ3n) is 1.88. The van der Waals surface area contributed by atoms with Crippen LogP contribution >= 0.6 is 15.9 Å². The largest absolute Gasteiger partial charge is 0.469 e. The molecule has 0 saturated carbocycles. The van der Waals surface area contributed by atoms with Crippen molar-refractivity contribution in [2.45, 2.75) is 24.6 Å². The standard InChI is InChI=1S/C9H15BrO4/c1-4-5-6(8(11)13-2)7(10)9(12)14-3/h6-7H,4-5H2,1-3H3. The Labute approximate surface area is 92.1 Å². The van der Waals surface area contributed by atoms with E-state index < -0.39 is 16.7 Å². The van der Waals surface area contributed by atoms with Crippen LogP contribution in [0.5, 0.6) is 0 Å². The quantitative estimate of drug-likeness (QED) is 0.559. The first kappa shape index (κ1) is 13.4. The van der Waals surface area contributed by atoms with E-state index in [2.05, 4.69) is 25.4 Å². The molecule has 0 aromatic rings. The van der Waals surface area contributed by atoms with Crippen molar-refractivity contribution in [1.29, 1.82) is 0 Å². The zero-order valence-electron chi connectivity index (χ0n) is 8.58. The molecule has 82 valence electrons. The normalized spacial score (nSPS) is 14.3. The van der Waals surface area contributed by atoms with E-state index in [9.17, 15) is 9.59 Å². The van der Waals surface area contributed by atoms with Crippen molar-refractivity contribution in [2.24, 2.45) is 5.92 Å². The molecule has 0 aromatic carbocycles. The summed E-state index contributed by atoms with van der Waals surface area (Å²) >= 11 is 3.14. The van der Waals surface area contributed by atoms with Gasteiger partial charge in [0.05, 0.1) is 20.1 Å². The number of rotatable bonds is 5. The fraction of sp³-hybridized carbons (Fsp3) is 0.778. The molecular formula is C9H15BrO4. The maximum absolute atomic E-state index is 11.3. The number of carbonyl (C=O) groups excluding carboxylic acids is 2. The Hall–Kier alpha value is -0.580. The van der Waals surface area contributed by atoms with E-state index in [0.29, 0.717) is 6.42 Å². The zero-order valence-corrected chi connectivity index (χ0v) is 10.2. The Morgan fingerprint density at radius 1 is 1.21 bits per heavy atom. The lowest BCUT2D eigenvalue weighted by Gasteiger charge is -2.17. The van der Waals surface area contributed by atoms with Crippen molar-refractivity contribution < 1.29 is 19.1 Å². The molecule has 0 amide bonds. The molecule has 0 spiro atoms. The van der Waals surface area contributed by atoms with Crippen LogP contribution in [-0.2, 0) is 19.1 Å². The smallest absolute Gasteiger partial charge is 0.320 e. The number of hydrogen-bond acceptors (Lipinski definition) is 4. The van der Waals surface area contributed by atoms with Crippen LogP contribution in [-0.4, -0.2) is 31.0 Å². The second kappa shape index (κ2) is 6.81. The van der Waals surface area contributed by atoms with Gasteiger partial charge in [-0.25, -0.2) is 0 Å². The van der Waals surface area contributed by atoms with Crippen LogP contribution in [0.1, 0.15) is 19.8 Å². The van der Waals surface area contributed by atoms with Gasteiger partial charge < -0.3 is 9.47 Å². The SMILES string of the molecule is CCCC(C(=O)OC)C(Br)C(=O)OC. The lowest BCUT2D eigenvalue weighted by Crippen LogP contribution is -2.32. The average Bonchev–Trinajstić information content (AvgIpc) is 2.22. The highest BCUT2D eigenvalue weighted by atomic mass is 79.9. The molecule has 0 aliphatic rings. The van der Waals surface area contributed by atoms with E-state index >= 15 is 0 Å². The summed E-state index contributed by atoms with van der Waals surface area (Å²) in [5.74, 6) is -1.31. The summed E-state index contributed by atoms with van der Waals surface area (Å²) in [4.78, 5) is 21.9. The maximum atomic E-state index is 11.3. The summed E-state index contributed by atoms with van der Waals surface area (Å²) in [6.45, 7) is 1.94. The molecule has 14 heavy (non-hydrogen) atoms. The number of hydrogen-bond donors (Lipinski definition) is 0. The Kier molecular flexibility index (Phi) is 6.53. The Morgan fingerprint density at radius 2 is 1.71 bits per heavy atom. The number of esters is 2. The van der Waals surface area contributed by atoms with Gasteiger partial charge in [0, 0.05) is 0 Å². The molecule has 0 saturated heterocycles. The van der Waals surface area contributed by atoms with E-state index in [4.69, 9.17) is 0 Å². The van der Waals surface area contributed by atoms with Crippen molar-refractivity contribution in [2.75, 3.05) is 14.2 Å². The Bertz CT molecular complexity index is 205. The van der Waals surface area contributed by atoms with Crippen molar-refractivity contribution in [1.82, 2.24) is 0 Å². The summed E-state index contributed by atoms with van der Waals surface area (Å²) in [5.41, 5.74) is 0. The molecule has 0 aliphatic carbocycles. The molecule has 0 bridgehead atoms. The minimum absolute atomic E-state index is 0.390. The van der Waals surface area contributed by atoms with Gasteiger partial charge in [0.2, 0.25) is 0 Å². The first-order chi connectivity index (χ1) is 6.58. The molecular weight excluding hydrogens is 252 g/mol. The monoisotopic (exact) mass is 266 g/mol. The van der Waals surface area contributed by atoms with Gasteiger partial charge in [-0.3, -0.25) is 9.59 Å². The predicted octanol–water partition coefficient (Wildman–Crippen LogP) is 1.51. The van der Waals surface area contributed by atoms with Gasteiger partial charge in [0.25, 0.3) is 0 Å². The Morgan fingerprint density at radius 3 is 2.07 bits per heavy atom. The first-order valence-electron chi connectivity index (χ1n) is 4.38. The van der Waals surface area contributed by atoms with Crippen LogP contribution in [0.15, 0.2) is 0 Å². The van der Waals surface area contributed by atoms with E-state index in [0.717, 1.165) is 6.42 Å². The molecule has 0 heterocycles. The minimum Gasteiger partial charge on any atom is -0.469 e. The van der Waals surface area contributed by atoms with Crippen molar-refractivity contribution in [3.8, 4) is 0 Å². The van der Waals surface area contributed by atoms with Crippen LogP contribution in [0.25, 0.3) is 0 Å². The minimum atomic E-state index is -0.625. The van der Waals surface area contributed by atoms with Gasteiger partial charge >= 0.3 is 11.9 Å². The van der Waals surface area contributed by atoms with Gasteiger partial charge in [-0.1, -0.05) is 29.3 Å². The van der Waals surface area contributed by atoms with Gasteiger partial charge in [0.15, 0.2) is 0 Å². The van der Waals surface area contributed by atoms with Crippen LogP contribution < -0.4 is 0 Å². The molecule has 4 nitrogen and oxygen atoms in total. The summed E-state index contributed by atoms with van der Waals surface area (Å²) in [7, 11) is 2.60. The average molecular weight is 267 g/mol. The fourth-order valence-corrected chi connectivity index (χ4v) is 1.79. The van der Waals surface area contributed by atoms with E-state index in [1.165, 1.54) is 14.2 Å². The molecule has 0 aromatic heterocycles. The van der Waals surface area contributed by atoms with Crippen molar-refractivity contribution >= 4 is 27.9 Å². The van der Waals surface area contributed by atoms with Crippen LogP contribution in [0.3, 0.4) is 0 Å². The molecule has 0 rings (SSSR count). The van der Waals surface area contributed by atoms with E-state index in [1.54, 1.807) is 0 Å². The van der Waals surface area contributed by atoms with Crippen LogP contribution in [0.4, 0.5) is 0 Å². The molecule has 5 heteroatoms. The third-order valence-corrected chi connectivity index (χ3v) is 2.90. The van der Waals surface area contributed by atoms with Crippen molar-refractivity contribution in [3.05, 3.63) is 0 Å². The number of carbonyl (C=O) groups is 2.